The second-order valence-corrected chi connectivity index (χ2v) is 6.44. The molecule has 22 heavy (non-hydrogen) atoms. The van der Waals surface area contributed by atoms with Gasteiger partial charge in [0.15, 0.2) is 5.79 Å². The molecule has 0 aliphatic carbocycles. The average Bonchev–Trinajstić information content (AvgIpc) is 2.60. The maximum atomic E-state index is 10.4. The number of aliphatic hydroxyl groups is 1. The zero-order valence-corrected chi connectivity index (χ0v) is 13.9. The first-order valence-corrected chi connectivity index (χ1v) is 8.41. The summed E-state index contributed by atoms with van der Waals surface area (Å²) in [7, 11) is 0. The van der Waals surface area contributed by atoms with Crippen molar-refractivity contribution in [1.29, 1.82) is 0 Å². The minimum atomic E-state index is -0.621. The summed E-state index contributed by atoms with van der Waals surface area (Å²) in [6.07, 6.45) is -0.517. The van der Waals surface area contributed by atoms with Gasteiger partial charge in [-0.3, -0.25) is 4.90 Å². The molecule has 2 atom stereocenters. The topological polar surface area (TPSA) is 78.0 Å². The SMILES string of the molecule is CC1(C)OC[C@H](O)[C@@H](N2CCNCCNCCNCC2)CO1. The lowest BCUT2D eigenvalue weighted by Crippen LogP contribution is -2.52. The van der Waals surface area contributed by atoms with Gasteiger partial charge in [0.1, 0.15) is 0 Å². The molecule has 0 aromatic heterocycles. The van der Waals surface area contributed by atoms with E-state index in [1.165, 1.54) is 0 Å². The van der Waals surface area contributed by atoms with Crippen molar-refractivity contribution in [2.45, 2.75) is 31.8 Å². The summed E-state index contributed by atoms with van der Waals surface area (Å²) in [5.74, 6) is -0.621. The fraction of sp³-hybridized carbons (Fsp3) is 1.00. The minimum Gasteiger partial charge on any atom is -0.389 e. The van der Waals surface area contributed by atoms with Crippen LogP contribution in [0.25, 0.3) is 0 Å². The molecular weight excluding hydrogens is 284 g/mol. The molecule has 130 valence electrons. The normalized spacial score (nSPS) is 33.4. The van der Waals surface area contributed by atoms with Crippen LogP contribution in [0, 0.1) is 0 Å². The largest absolute Gasteiger partial charge is 0.389 e. The first kappa shape index (κ1) is 18.1. The fourth-order valence-corrected chi connectivity index (χ4v) is 2.80. The van der Waals surface area contributed by atoms with E-state index in [4.69, 9.17) is 9.47 Å². The number of hydrogen-bond acceptors (Lipinski definition) is 7. The molecule has 2 heterocycles. The van der Waals surface area contributed by atoms with Crippen LogP contribution < -0.4 is 16.0 Å². The average molecular weight is 316 g/mol. The van der Waals surface area contributed by atoms with Crippen LogP contribution in [0.3, 0.4) is 0 Å². The maximum absolute atomic E-state index is 10.4. The van der Waals surface area contributed by atoms with Gasteiger partial charge in [0.2, 0.25) is 0 Å². The van der Waals surface area contributed by atoms with Crippen LogP contribution in [0.15, 0.2) is 0 Å². The van der Waals surface area contributed by atoms with Crippen molar-refractivity contribution in [2.24, 2.45) is 0 Å². The molecule has 0 unspecified atom stereocenters. The van der Waals surface area contributed by atoms with Crippen molar-refractivity contribution >= 4 is 0 Å². The third-order valence-electron chi connectivity index (χ3n) is 4.23. The standard InChI is InChI=1S/C15H32N4O3/c1-15(2)21-11-13(14(20)12-22-15)19-9-7-17-5-3-16-4-6-18-8-10-19/h13-14,16-18,20H,3-12H2,1-2H3/t13-,14-/m0/s1. The van der Waals surface area contributed by atoms with Gasteiger partial charge >= 0.3 is 0 Å². The molecule has 2 saturated heterocycles. The van der Waals surface area contributed by atoms with Gasteiger partial charge in [-0.1, -0.05) is 0 Å². The summed E-state index contributed by atoms with van der Waals surface area (Å²) in [6.45, 7) is 12.1. The Morgan fingerprint density at radius 1 is 0.864 bits per heavy atom. The van der Waals surface area contributed by atoms with Crippen molar-refractivity contribution in [2.75, 3.05) is 65.6 Å². The summed E-state index contributed by atoms with van der Waals surface area (Å²) >= 11 is 0. The number of nitrogens with zero attached hydrogens (tertiary/aromatic N) is 1. The quantitative estimate of drug-likeness (QED) is 0.473. The Kier molecular flexibility index (Phi) is 7.49. The van der Waals surface area contributed by atoms with Crippen LogP contribution in [0.2, 0.25) is 0 Å². The van der Waals surface area contributed by atoms with Gasteiger partial charge in [-0.05, 0) is 13.8 Å². The van der Waals surface area contributed by atoms with Crippen LogP contribution in [0.1, 0.15) is 13.8 Å². The second kappa shape index (κ2) is 9.12. The highest BCUT2D eigenvalue weighted by molar-refractivity contribution is 4.83. The van der Waals surface area contributed by atoms with Crippen LogP contribution in [0.5, 0.6) is 0 Å². The Hall–Kier alpha value is -0.280. The van der Waals surface area contributed by atoms with Crippen LogP contribution in [0.4, 0.5) is 0 Å². The van der Waals surface area contributed by atoms with Gasteiger partial charge in [-0.15, -0.1) is 0 Å². The molecule has 2 aliphatic heterocycles. The van der Waals surface area contributed by atoms with Crippen LogP contribution >= 0.6 is 0 Å². The van der Waals surface area contributed by atoms with E-state index >= 15 is 0 Å². The Morgan fingerprint density at radius 3 is 1.95 bits per heavy atom. The molecular formula is C15H32N4O3. The molecule has 0 spiro atoms. The van der Waals surface area contributed by atoms with Gasteiger partial charge in [0, 0.05) is 52.4 Å². The molecule has 0 saturated carbocycles. The Morgan fingerprint density at radius 2 is 1.36 bits per heavy atom. The van der Waals surface area contributed by atoms with Gasteiger partial charge < -0.3 is 30.5 Å². The number of aliphatic hydroxyl groups excluding tert-OH is 1. The third kappa shape index (κ3) is 6.08. The van der Waals surface area contributed by atoms with Gasteiger partial charge in [-0.2, -0.15) is 0 Å². The molecule has 4 N–H and O–H groups in total. The van der Waals surface area contributed by atoms with Crippen molar-refractivity contribution in [3.8, 4) is 0 Å². The highest BCUT2D eigenvalue weighted by Crippen LogP contribution is 2.20. The number of hydrogen-bond donors (Lipinski definition) is 4. The van der Waals surface area contributed by atoms with Crippen LogP contribution in [-0.4, -0.2) is 93.5 Å². The van der Waals surface area contributed by atoms with E-state index in [1.54, 1.807) is 0 Å². The lowest BCUT2D eigenvalue weighted by molar-refractivity contribution is -0.204. The van der Waals surface area contributed by atoms with E-state index in [-0.39, 0.29) is 6.04 Å². The highest BCUT2D eigenvalue weighted by Gasteiger charge is 2.34. The molecule has 0 aromatic rings. The number of ether oxygens (including phenoxy) is 2. The Bertz CT molecular complexity index is 305. The zero-order valence-electron chi connectivity index (χ0n) is 13.9. The van der Waals surface area contributed by atoms with E-state index in [1.807, 2.05) is 13.8 Å². The number of rotatable bonds is 1. The van der Waals surface area contributed by atoms with E-state index < -0.39 is 11.9 Å². The van der Waals surface area contributed by atoms with Crippen molar-refractivity contribution < 1.29 is 14.6 Å². The predicted molar refractivity (Wildman–Crippen MR) is 86.0 cm³/mol. The molecule has 0 amide bonds. The number of nitrogens with one attached hydrogen (secondary N) is 3. The molecule has 7 heteroatoms. The minimum absolute atomic E-state index is 0.0218. The van der Waals surface area contributed by atoms with Crippen LogP contribution in [-0.2, 0) is 9.47 Å². The molecule has 2 fully saturated rings. The smallest absolute Gasteiger partial charge is 0.162 e. The summed E-state index contributed by atoms with van der Waals surface area (Å²) in [5, 5.41) is 20.7. The second-order valence-electron chi connectivity index (χ2n) is 6.44. The lowest BCUT2D eigenvalue weighted by Gasteiger charge is -2.33. The summed E-state index contributed by atoms with van der Waals surface area (Å²) in [5.41, 5.74) is 0. The Balaban J connectivity index is 1.92. The first-order valence-electron chi connectivity index (χ1n) is 8.41. The summed E-state index contributed by atoms with van der Waals surface area (Å²) in [6, 6.07) is -0.0218. The lowest BCUT2D eigenvalue weighted by atomic mass is 10.1. The summed E-state index contributed by atoms with van der Waals surface area (Å²) in [4.78, 5) is 2.31. The van der Waals surface area contributed by atoms with Crippen molar-refractivity contribution in [3.05, 3.63) is 0 Å². The molecule has 0 aromatic carbocycles. The molecule has 0 radical (unpaired) electrons. The fourth-order valence-electron chi connectivity index (χ4n) is 2.80. The van der Waals surface area contributed by atoms with E-state index in [0.29, 0.717) is 13.2 Å². The zero-order chi connectivity index (χ0) is 15.8. The molecule has 7 nitrogen and oxygen atoms in total. The first-order chi connectivity index (χ1) is 10.6. The third-order valence-corrected chi connectivity index (χ3v) is 4.23. The molecule has 2 aliphatic rings. The van der Waals surface area contributed by atoms with E-state index in [2.05, 4.69) is 20.9 Å². The maximum Gasteiger partial charge on any atom is 0.162 e. The summed E-state index contributed by atoms with van der Waals surface area (Å²) < 4.78 is 11.4. The van der Waals surface area contributed by atoms with Gasteiger partial charge in [-0.25, -0.2) is 0 Å². The van der Waals surface area contributed by atoms with Gasteiger partial charge in [0.05, 0.1) is 25.4 Å². The monoisotopic (exact) mass is 316 g/mol. The van der Waals surface area contributed by atoms with Crippen molar-refractivity contribution in [3.63, 3.8) is 0 Å². The molecule has 0 bridgehead atoms. The predicted octanol–water partition coefficient (Wildman–Crippen LogP) is -1.42. The molecule has 2 rings (SSSR count). The Labute approximate surface area is 133 Å². The van der Waals surface area contributed by atoms with E-state index in [9.17, 15) is 5.11 Å². The highest BCUT2D eigenvalue weighted by atomic mass is 16.7. The van der Waals surface area contributed by atoms with Gasteiger partial charge in [0.25, 0.3) is 0 Å². The van der Waals surface area contributed by atoms with E-state index in [0.717, 1.165) is 52.4 Å². The van der Waals surface area contributed by atoms with Crippen molar-refractivity contribution in [1.82, 2.24) is 20.9 Å².